The highest BCUT2D eigenvalue weighted by Gasteiger charge is 2.18. The van der Waals surface area contributed by atoms with Crippen LogP contribution in [-0.4, -0.2) is 44.3 Å². The highest BCUT2D eigenvalue weighted by Crippen LogP contribution is 2.01. The lowest BCUT2D eigenvalue weighted by molar-refractivity contribution is -0.121. The van der Waals surface area contributed by atoms with E-state index in [0.29, 0.717) is 0 Å². The van der Waals surface area contributed by atoms with Crippen LogP contribution in [-0.2, 0) is 9.47 Å². The number of rotatable bonds is 7. The molecule has 1 unspecified atom stereocenters. The summed E-state index contributed by atoms with van der Waals surface area (Å²) in [6.45, 7) is 4.13. The first-order valence-corrected chi connectivity index (χ1v) is 4.62. The van der Waals surface area contributed by atoms with Gasteiger partial charge < -0.3 is 19.9 Å². The van der Waals surface area contributed by atoms with E-state index in [4.69, 9.17) is 14.6 Å². The third-order valence-electron chi connectivity index (χ3n) is 2.08. The van der Waals surface area contributed by atoms with Gasteiger partial charge in [-0.25, -0.2) is 0 Å². The van der Waals surface area contributed by atoms with Crippen LogP contribution in [0.1, 0.15) is 20.3 Å². The maximum absolute atomic E-state index is 8.96. The molecule has 0 aromatic heterocycles. The molecule has 0 rings (SSSR count). The molecule has 0 aliphatic rings. The number of ether oxygens (including phenoxy) is 2. The highest BCUT2D eigenvalue weighted by atomic mass is 16.7. The second kappa shape index (κ2) is 7.26. The Morgan fingerprint density at radius 3 is 2.15 bits per heavy atom. The van der Waals surface area contributed by atoms with E-state index in [-0.39, 0.29) is 25.0 Å². The molecule has 0 saturated carbocycles. The first-order chi connectivity index (χ1) is 6.19. The zero-order valence-electron chi connectivity index (χ0n) is 8.91. The molecule has 0 fully saturated rings. The number of nitrogens with one attached hydrogen (secondary N) is 1. The summed E-state index contributed by atoms with van der Waals surface area (Å²) in [5.74, 6) is 0. The summed E-state index contributed by atoms with van der Waals surface area (Å²) in [5.41, 5.74) is 0. The van der Waals surface area contributed by atoms with E-state index in [1.807, 2.05) is 13.8 Å². The summed E-state index contributed by atoms with van der Waals surface area (Å²) in [5, 5.41) is 12.2. The molecule has 4 nitrogen and oxygen atoms in total. The fourth-order valence-electron chi connectivity index (χ4n) is 1.25. The molecule has 13 heavy (non-hydrogen) atoms. The van der Waals surface area contributed by atoms with Gasteiger partial charge in [0.05, 0.1) is 12.6 Å². The Balaban J connectivity index is 3.87. The van der Waals surface area contributed by atoms with E-state index in [2.05, 4.69) is 5.32 Å². The first kappa shape index (κ1) is 12.8. The van der Waals surface area contributed by atoms with Crippen LogP contribution < -0.4 is 5.32 Å². The van der Waals surface area contributed by atoms with Crippen molar-refractivity contribution in [3.63, 3.8) is 0 Å². The van der Waals surface area contributed by atoms with Crippen molar-refractivity contribution in [1.82, 2.24) is 5.32 Å². The molecule has 0 bridgehead atoms. The summed E-state index contributed by atoms with van der Waals surface area (Å²) in [6.07, 6.45) is 0.627. The van der Waals surface area contributed by atoms with Crippen molar-refractivity contribution in [2.45, 2.75) is 38.6 Å². The van der Waals surface area contributed by atoms with E-state index in [1.54, 1.807) is 14.2 Å². The van der Waals surface area contributed by atoms with Gasteiger partial charge in [-0.1, -0.05) is 6.92 Å². The van der Waals surface area contributed by atoms with Crippen molar-refractivity contribution in [3.05, 3.63) is 0 Å². The van der Waals surface area contributed by atoms with Gasteiger partial charge in [0, 0.05) is 20.3 Å². The average molecular weight is 191 g/mol. The predicted octanol–water partition coefficient (Wildman–Crippen LogP) is 0.354. The van der Waals surface area contributed by atoms with Crippen molar-refractivity contribution in [2.75, 3.05) is 20.8 Å². The molecule has 0 radical (unpaired) electrons. The van der Waals surface area contributed by atoms with Crippen LogP contribution in [0.5, 0.6) is 0 Å². The van der Waals surface area contributed by atoms with Gasteiger partial charge >= 0.3 is 0 Å². The van der Waals surface area contributed by atoms with Crippen LogP contribution in [0.3, 0.4) is 0 Å². The minimum atomic E-state index is -0.263. The number of hydrogen-bond donors (Lipinski definition) is 2. The second-order valence-corrected chi connectivity index (χ2v) is 3.08. The van der Waals surface area contributed by atoms with E-state index in [9.17, 15) is 0 Å². The molecular formula is C9H21NO3. The predicted molar refractivity (Wildman–Crippen MR) is 51.6 cm³/mol. The molecule has 0 spiro atoms. The fraction of sp³-hybridized carbons (Fsp3) is 1.00. The van der Waals surface area contributed by atoms with E-state index in [0.717, 1.165) is 6.42 Å². The molecule has 0 aliphatic heterocycles. The minimum Gasteiger partial charge on any atom is -0.395 e. The Bertz CT molecular complexity index is 113. The number of hydrogen-bond acceptors (Lipinski definition) is 4. The number of aliphatic hydroxyl groups is 1. The monoisotopic (exact) mass is 191 g/mol. The zero-order valence-corrected chi connectivity index (χ0v) is 8.91. The summed E-state index contributed by atoms with van der Waals surface area (Å²) >= 11 is 0. The lowest BCUT2D eigenvalue weighted by atomic mass is 10.2. The Kier molecular flexibility index (Phi) is 7.17. The smallest absolute Gasteiger partial charge is 0.171 e. The van der Waals surface area contributed by atoms with Gasteiger partial charge in [-0.15, -0.1) is 0 Å². The van der Waals surface area contributed by atoms with Gasteiger partial charge in [0.2, 0.25) is 0 Å². The van der Waals surface area contributed by atoms with Crippen LogP contribution >= 0.6 is 0 Å². The highest BCUT2D eigenvalue weighted by molar-refractivity contribution is 4.71. The molecule has 0 amide bonds. The molecule has 0 aliphatic carbocycles. The van der Waals surface area contributed by atoms with Crippen molar-refractivity contribution < 1.29 is 14.6 Å². The van der Waals surface area contributed by atoms with Crippen LogP contribution in [0.25, 0.3) is 0 Å². The van der Waals surface area contributed by atoms with Crippen molar-refractivity contribution in [1.29, 1.82) is 0 Å². The van der Waals surface area contributed by atoms with Gasteiger partial charge in [0.1, 0.15) is 0 Å². The fourth-order valence-corrected chi connectivity index (χ4v) is 1.25. The Morgan fingerprint density at radius 2 is 1.85 bits per heavy atom. The van der Waals surface area contributed by atoms with E-state index >= 15 is 0 Å². The molecule has 2 atom stereocenters. The Hall–Kier alpha value is -0.160. The average Bonchev–Trinajstić information content (AvgIpc) is 2.16. The second-order valence-electron chi connectivity index (χ2n) is 3.08. The standard InChI is InChI=1S/C9H21NO3/c1-5-8(6-11)10-7(2)9(12-3)13-4/h7-11H,5-6H2,1-4H3/t7?,8-/m1/s1. The van der Waals surface area contributed by atoms with Crippen LogP contribution in [0.4, 0.5) is 0 Å². The molecule has 2 N–H and O–H groups in total. The summed E-state index contributed by atoms with van der Waals surface area (Å²) in [7, 11) is 3.21. The third-order valence-corrected chi connectivity index (χ3v) is 2.08. The van der Waals surface area contributed by atoms with Gasteiger partial charge in [-0.2, -0.15) is 0 Å². The van der Waals surface area contributed by atoms with Crippen molar-refractivity contribution in [3.8, 4) is 0 Å². The molecule has 0 saturated heterocycles. The van der Waals surface area contributed by atoms with Crippen LogP contribution in [0, 0.1) is 0 Å². The third kappa shape index (κ3) is 4.57. The maximum Gasteiger partial charge on any atom is 0.171 e. The Morgan fingerprint density at radius 1 is 1.31 bits per heavy atom. The lowest BCUT2D eigenvalue weighted by Crippen LogP contribution is -2.46. The molecule has 0 aromatic rings. The molecule has 4 heteroatoms. The lowest BCUT2D eigenvalue weighted by Gasteiger charge is -2.26. The van der Waals surface area contributed by atoms with E-state index < -0.39 is 0 Å². The maximum atomic E-state index is 8.96. The van der Waals surface area contributed by atoms with Crippen LogP contribution in [0.15, 0.2) is 0 Å². The summed E-state index contributed by atoms with van der Waals surface area (Å²) in [4.78, 5) is 0. The summed E-state index contributed by atoms with van der Waals surface area (Å²) < 4.78 is 10.2. The van der Waals surface area contributed by atoms with Gasteiger partial charge in [-0.3, -0.25) is 0 Å². The van der Waals surface area contributed by atoms with Crippen molar-refractivity contribution in [2.24, 2.45) is 0 Å². The first-order valence-electron chi connectivity index (χ1n) is 4.62. The Labute approximate surface area is 80.2 Å². The van der Waals surface area contributed by atoms with E-state index in [1.165, 1.54) is 0 Å². The minimum absolute atomic E-state index is 0.0760. The molecule has 0 heterocycles. The molecule has 80 valence electrons. The van der Waals surface area contributed by atoms with Gasteiger partial charge in [0.25, 0.3) is 0 Å². The zero-order chi connectivity index (χ0) is 10.3. The quantitative estimate of drug-likeness (QED) is 0.570. The molecule has 0 aromatic carbocycles. The van der Waals surface area contributed by atoms with Crippen molar-refractivity contribution >= 4 is 0 Å². The summed E-state index contributed by atoms with van der Waals surface area (Å²) in [6, 6.07) is 0.190. The van der Waals surface area contributed by atoms with Gasteiger partial charge in [-0.05, 0) is 13.3 Å². The van der Waals surface area contributed by atoms with Crippen LogP contribution in [0.2, 0.25) is 0 Å². The topological polar surface area (TPSA) is 50.7 Å². The van der Waals surface area contributed by atoms with Gasteiger partial charge in [0.15, 0.2) is 6.29 Å². The normalized spacial score (nSPS) is 16.2. The number of aliphatic hydroxyl groups excluding tert-OH is 1. The number of methoxy groups -OCH3 is 2. The SMILES string of the molecule is CC[C@H](CO)NC(C)C(OC)OC. The largest absolute Gasteiger partial charge is 0.395 e. The molecular weight excluding hydrogens is 170 g/mol.